The number of unbranched alkanes of at least 4 members (excludes halogenated alkanes) is 1. The molecule has 3 rings (SSSR count). The molecule has 0 fully saturated rings. The van der Waals surface area contributed by atoms with Crippen LogP contribution in [-0.4, -0.2) is 14.9 Å². The Kier molecular flexibility index (Phi) is 6.77. The summed E-state index contributed by atoms with van der Waals surface area (Å²) >= 11 is 0. The number of carbonyl (C=O) groups is 1. The summed E-state index contributed by atoms with van der Waals surface area (Å²) in [5, 5.41) is 12.8. The van der Waals surface area contributed by atoms with Crippen molar-refractivity contribution in [3.8, 4) is 5.69 Å². The van der Waals surface area contributed by atoms with E-state index in [4.69, 9.17) is 0 Å². The average Bonchev–Trinajstić information content (AvgIpc) is 3.08. The summed E-state index contributed by atoms with van der Waals surface area (Å²) < 4.78 is 4.16. The predicted octanol–water partition coefficient (Wildman–Crippen LogP) is 5.81. The van der Waals surface area contributed by atoms with Crippen LogP contribution in [0.1, 0.15) is 53.7 Å². The van der Waals surface area contributed by atoms with Gasteiger partial charge < -0.3 is 4.57 Å². The number of benzene rings is 2. The SMILES string of the molecule is CCCCn1ccn(-c2c(C)cc(C)cc2C)/c1=N\N=Nc1ccccc1C(C)=O. The van der Waals surface area contributed by atoms with Gasteiger partial charge in [-0.25, -0.2) is 0 Å². The highest BCUT2D eigenvalue weighted by molar-refractivity contribution is 5.98. The van der Waals surface area contributed by atoms with Gasteiger partial charge in [0.2, 0.25) is 5.62 Å². The molecule has 0 amide bonds. The normalized spacial score (nSPS) is 12.1. The van der Waals surface area contributed by atoms with Gasteiger partial charge in [0.15, 0.2) is 5.78 Å². The first-order chi connectivity index (χ1) is 14.4. The number of aryl methyl sites for hydroxylation is 4. The van der Waals surface area contributed by atoms with Crippen molar-refractivity contribution in [2.45, 2.75) is 54.0 Å². The van der Waals surface area contributed by atoms with Gasteiger partial charge in [-0.05, 0) is 62.6 Å². The number of hydrogen-bond acceptors (Lipinski definition) is 3. The third-order valence-corrected chi connectivity index (χ3v) is 5.07. The smallest absolute Gasteiger partial charge is 0.236 e. The van der Waals surface area contributed by atoms with E-state index in [0.29, 0.717) is 16.9 Å². The molecule has 2 aromatic carbocycles. The molecule has 0 aliphatic rings. The summed E-state index contributed by atoms with van der Waals surface area (Å²) in [4.78, 5) is 11.8. The molecule has 0 aliphatic heterocycles. The highest BCUT2D eigenvalue weighted by Crippen LogP contribution is 2.21. The summed E-state index contributed by atoms with van der Waals surface area (Å²) in [5.74, 6) is -0.0446. The van der Waals surface area contributed by atoms with Gasteiger partial charge >= 0.3 is 0 Å². The van der Waals surface area contributed by atoms with Gasteiger partial charge in [-0.2, -0.15) is 0 Å². The van der Waals surface area contributed by atoms with Crippen LogP contribution in [-0.2, 0) is 6.54 Å². The fraction of sp³-hybridized carbons (Fsp3) is 0.333. The van der Waals surface area contributed by atoms with E-state index in [9.17, 15) is 4.79 Å². The summed E-state index contributed by atoms with van der Waals surface area (Å²) in [6.07, 6.45) is 6.20. The van der Waals surface area contributed by atoms with Gasteiger partial charge in [0, 0.05) is 24.5 Å². The average molecular weight is 404 g/mol. The zero-order valence-electron chi connectivity index (χ0n) is 18.4. The second-order valence-electron chi connectivity index (χ2n) is 7.63. The Bertz CT molecular complexity index is 1130. The molecule has 0 saturated heterocycles. The summed E-state index contributed by atoms with van der Waals surface area (Å²) in [6.45, 7) is 10.9. The van der Waals surface area contributed by atoms with Crippen molar-refractivity contribution in [2.24, 2.45) is 15.4 Å². The van der Waals surface area contributed by atoms with Crippen molar-refractivity contribution < 1.29 is 4.79 Å². The molecule has 0 saturated carbocycles. The van der Waals surface area contributed by atoms with E-state index in [-0.39, 0.29) is 5.78 Å². The molecule has 0 atom stereocenters. The van der Waals surface area contributed by atoms with Crippen molar-refractivity contribution in [1.29, 1.82) is 0 Å². The Morgan fingerprint density at radius 3 is 2.40 bits per heavy atom. The lowest BCUT2D eigenvalue weighted by Crippen LogP contribution is -2.25. The molecule has 1 aromatic heterocycles. The number of nitrogens with zero attached hydrogens (tertiary/aromatic N) is 5. The third kappa shape index (κ3) is 4.64. The molecular formula is C24H29N5O. The molecule has 6 heteroatoms. The quantitative estimate of drug-likeness (QED) is 0.279. The molecule has 0 radical (unpaired) electrons. The Hall–Kier alpha value is -3.28. The first kappa shape index (κ1) is 21.4. The van der Waals surface area contributed by atoms with E-state index >= 15 is 0 Å². The molecular weight excluding hydrogens is 374 g/mol. The minimum atomic E-state index is -0.0446. The van der Waals surface area contributed by atoms with Crippen LogP contribution in [0.2, 0.25) is 0 Å². The Labute approximate surface area is 177 Å². The molecule has 6 nitrogen and oxygen atoms in total. The lowest BCUT2D eigenvalue weighted by atomic mass is 10.1. The van der Waals surface area contributed by atoms with Gasteiger partial charge in [0.1, 0.15) is 0 Å². The van der Waals surface area contributed by atoms with Crippen LogP contribution in [0.3, 0.4) is 0 Å². The maximum absolute atomic E-state index is 11.8. The number of ketones is 1. The first-order valence-electron chi connectivity index (χ1n) is 10.3. The van der Waals surface area contributed by atoms with Crippen molar-refractivity contribution in [3.05, 3.63) is 76.7 Å². The van der Waals surface area contributed by atoms with E-state index in [2.05, 4.69) is 64.4 Å². The highest BCUT2D eigenvalue weighted by Gasteiger charge is 2.10. The topological polar surface area (TPSA) is 64.0 Å². The molecule has 156 valence electrons. The van der Waals surface area contributed by atoms with Crippen LogP contribution in [0.5, 0.6) is 0 Å². The van der Waals surface area contributed by atoms with Crippen LogP contribution in [0.15, 0.2) is 64.2 Å². The zero-order chi connectivity index (χ0) is 21.7. The lowest BCUT2D eigenvalue weighted by molar-refractivity contribution is 0.101. The minimum absolute atomic E-state index is 0.0446. The fourth-order valence-electron chi connectivity index (χ4n) is 3.72. The Morgan fingerprint density at radius 1 is 1.03 bits per heavy atom. The van der Waals surface area contributed by atoms with Gasteiger partial charge in [-0.15, -0.1) is 5.11 Å². The van der Waals surface area contributed by atoms with Crippen LogP contribution in [0.4, 0.5) is 5.69 Å². The molecule has 0 bridgehead atoms. The minimum Gasteiger partial charge on any atom is -0.315 e. The number of hydrogen-bond donors (Lipinski definition) is 0. The number of imidazole rings is 1. The molecule has 0 N–H and O–H groups in total. The van der Waals surface area contributed by atoms with Crippen LogP contribution >= 0.6 is 0 Å². The molecule has 1 heterocycles. The second kappa shape index (κ2) is 9.48. The van der Waals surface area contributed by atoms with Crippen LogP contribution < -0.4 is 5.62 Å². The number of Topliss-reactive ketones (excluding diaryl/α,β-unsaturated/α-hetero) is 1. The lowest BCUT2D eigenvalue weighted by Gasteiger charge is -2.12. The number of carbonyl (C=O) groups excluding carboxylic acids is 1. The van der Waals surface area contributed by atoms with Crippen LogP contribution in [0, 0.1) is 20.8 Å². The van der Waals surface area contributed by atoms with Crippen molar-refractivity contribution in [2.75, 3.05) is 0 Å². The van der Waals surface area contributed by atoms with Crippen molar-refractivity contribution in [3.63, 3.8) is 0 Å². The van der Waals surface area contributed by atoms with E-state index in [0.717, 1.165) is 25.1 Å². The fourth-order valence-corrected chi connectivity index (χ4v) is 3.72. The number of rotatable bonds is 7. The standard InChI is InChI=1S/C24H29N5O/c1-6-7-12-28-13-14-29(23-18(3)15-17(2)16-19(23)4)24(28)26-27-25-22-11-9-8-10-21(22)20(5)30/h8-11,13-16H,6-7,12H2,1-5H3/b26-24-,27-25?. The molecule has 0 aliphatic carbocycles. The van der Waals surface area contributed by atoms with Gasteiger partial charge in [-0.3, -0.25) is 9.36 Å². The summed E-state index contributed by atoms with van der Waals surface area (Å²) in [7, 11) is 0. The van der Waals surface area contributed by atoms with E-state index in [1.165, 1.54) is 23.6 Å². The Morgan fingerprint density at radius 2 is 1.73 bits per heavy atom. The molecule has 30 heavy (non-hydrogen) atoms. The monoisotopic (exact) mass is 403 g/mol. The van der Waals surface area contributed by atoms with Crippen molar-refractivity contribution >= 4 is 11.5 Å². The largest absolute Gasteiger partial charge is 0.315 e. The molecule has 0 unspecified atom stereocenters. The highest BCUT2D eigenvalue weighted by atomic mass is 16.1. The Balaban J connectivity index is 2.11. The van der Waals surface area contributed by atoms with Crippen LogP contribution in [0.25, 0.3) is 5.69 Å². The third-order valence-electron chi connectivity index (χ3n) is 5.07. The van der Waals surface area contributed by atoms with E-state index in [1.54, 1.807) is 12.1 Å². The molecule has 3 aromatic rings. The first-order valence-corrected chi connectivity index (χ1v) is 10.3. The van der Waals surface area contributed by atoms with Gasteiger partial charge in [-0.1, -0.05) is 48.3 Å². The van der Waals surface area contributed by atoms with Crippen molar-refractivity contribution in [1.82, 2.24) is 9.13 Å². The van der Waals surface area contributed by atoms with Gasteiger partial charge in [0.25, 0.3) is 0 Å². The summed E-state index contributed by atoms with van der Waals surface area (Å²) in [5.41, 5.74) is 6.47. The van der Waals surface area contributed by atoms with Gasteiger partial charge in [0.05, 0.1) is 11.4 Å². The predicted molar refractivity (Wildman–Crippen MR) is 119 cm³/mol. The second-order valence-corrected chi connectivity index (χ2v) is 7.63. The molecule has 0 spiro atoms. The maximum atomic E-state index is 11.8. The zero-order valence-corrected chi connectivity index (χ0v) is 18.4. The van der Waals surface area contributed by atoms with E-state index in [1.807, 2.05) is 24.5 Å². The summed E-state index contributed by atoms with van der Waals surface area (Å²) in [6, 6.07) is 11.5. The van der Waals surface area contributed by atoms with E-state index < -0.39 is 0 Å². The maximum Gasteiger partial charge on any atom is 0.236 e. The number of aromatic nitrogens is 2.